The Morgan fingerprint density at radius 2 is 1.16 bits per heavy atom. The van der Waals surface area contributed by atoms with Crippen molar-refractivity contribution in [3.8, 4) is 56.2 Å². The molecule has 0 radical (unpaired) electrons. The van der Waals surface area contributed by atoms with E-state index in [2.05, 4.69) is 138 Å². The Morgan fingerprint density at radius 3 is 2.02 bits per heavy atom. The van der Waals surface area contributed by atoms with Gasteiger partial charge in [-0.05, 0) is 74.5 Å². The van der Waals surface area contributed by atoms with Gasteiger partial charge in [0.2, 0.25) is 0 Å². The van der Waals surface area contributed by atoms with Gasteiger partial charge in [-0.25, -0.2) is 9.97 Å². The molecule has 0 saturated heterocycles. The van der Waals surface area contributed by atoms with Crippen molar-refractivity contribution in [3.63, 3.8) is 0 Å². The fourth-order valence-corrected chi connectivity index (χ4v) is 7.83. The minimum absolute atomic E-state index is 0.684. The third-order valence-electron chi connectivity index (χ3n) is 9.03. The third-order valence-corrected chi connectivity index (χ3v) is 10.2. The number of pyridine rings is 1. The minimum Gasteiger partial charge on any atom is -0.264 e. The molecule has 4 heteroatoms. The molecule has 0 atom stereocenters. The lowest BCUT2D eigenvalue weighted by atomic mass is 9.93. The maximum Gasteiger partial charge on any atom is 0.160 e. The predicted octanol–water partition coefficient (Wildman–Crippen LogP) is 12.0. The lowest BCUT2D eigenvalue weighted by Gasteiger charge is -2.18. The maximum atomic E-state index is 5.15. The van der Waals surface area contributed by atoms with E-state index in [1.54, 1.807) is 6.20 Å². The molecule has 8 aromatic rings. The van der Waals surface area contributed by atoms with Crippen LogP contribution in [0.4, 0.5) is 0 Å². The van der Waals surface area contributed by atoms with E-state index in [4.69, 9.17) is 9.97 Å². The third kappa shape index (κ3) is 5.52. The molecule has 1 aliphatic heterocycles. The molecule has 49 heavy (non-hydrogen) atoms. The molecule has 0 amide bonds. The van der Waals surface area contributed by atoms with Crippen LogP contribution in [0.15, 0.2) is 174 Å². The molecule has 3 nitrogen and oxygen atoms in total. The molecule has 0 N–H and O–H groups in total. The molecule has 0 fully saturated rings. The first kappa shape index (κ1) is 29.1. The summed E-state index contributed by atoms with van der Waals surface area (Å²) in [5.74, 6) is 0.684. The highest BCUT2D eigenvalue weighted by atomic mass is 32.2. The molecule has 9 rings (SSSR count). The summed E-state index contributed by atoms with van der Waals surface area (Å²) < 4.78 is 0. The quantitative estimate of drug-likeness (QED) is 0.192. The summed E-state index contributed by atoms with van der Waals surface area (Å²) in [6, 6.07) is 53.6. The second-order valence-corrected chi connectivity index (χ2v) is 13.1. The van der Waals surface area contributed by atoms with E-state index in [1.807, 2.05) is 48.3 Å². The lowest BCUT2D eigenvalue weighted by molar-refractivity contribution is 1.18. The van der Waals surface area contributed by atoms with Crippen LogP contribution in [0.25, 0.3) is 79.1 Å². The number of fused-ring (bicyclic) bond motifs is 8. The van der Waals surface area contributed by atoms with Gasteiger partial charge in [0.1, 0.15) is 0 Å². The van der Waals surface area contributed by atoms with Crippen molar-refractivity contribution in [1.82, 2.24) is 15.0 Å². The molecule has 0 bridgehead atoms. The average molecular weight is 644 g/mol. The molecule has 0 aliphatic carbocycles. The van der Waals surface area contributed by atoms with E-state index >= 15 is 0 Å². The van der Waals surface area contributed by atoms with Crippen molar-refractivity contribution in [2.45, 2.75) is 9.79 Å². The van der Waals surface area contributed by atoms with Gasteiger partial charge in [-0.2, -0.15) is 0 Å². The van der Waals surface area contributed by atoms with Gasteiger partial charge in [-0.3, -0.25) is 4.98 Å². The van der Waals surface area contributed by atoms with Crippen molar-refractivity contribution in [3.05, 3.63) is 175 Å². The monoisotopic (exact) mass is 643 g/mol. The standard InChI is InChI=1S/C45H29N3S/c1-2-13-33(14-3-1)45-47-41(28-42(48-45)35-15-10-26-46-29-35)34-23-22-32-21-20-30-11-4-6-16-36(30)38-18-8-9-19-43(38)49-44-37-17-7-5-12-31(37)24-25-39(44)40(32)27-34/h1-29H/b21-20-. The van der Waals surface area contributed by atoms with E-state index in [9.17, 15) is 0 Å². The van der Waals surface area contributed by atoms with Crippen molar-refractivity contribution in [1.29, 1.82) is 0 Å². The van der Waals surface area contributed by atoms with E-state index in [0.29, 0.717) is 5.82 Å². The first-order valence-electron chi connectivity index (χ1n) is 16.3. The topological polar surface area (TPSA) is 38.7 Å². The van der Waals surface area contributed by atoms with Crippen molar-refractivity contribution >= 4 is 34.7 Å². The molecular formula is C45H29N3S. The summed E-state index contributed by atoms with van der Waals surface area (Å²) in [5.41, 5.74) is 11.8. The van der Waals surface area contributed by atoms with Gasteiger partial charge >= 0.3 is 0 Å². The summed E-state index contributed by atoms with van der Waals surface area (Å²) >= 11 is 1.85. The smallest absolute Gasteiger partial charge is 0.160 e. The van der Waals surface area contributed by atoms with Crippen LogP contribution in [0.5, 0.6) is 0 Å². The van der Waals surface area contributed by atoms with Gasteiger partial charge in [0.15, 0.2) is 5.82 Å². The van der Waals surface area contributed by atoms with Gasteiger partial charge in [0.05, 0.1) is 11.4 Å². The highest BCUT2D eigenvalue weighted by Gasteiger charge is 2.19. The number of benzene rings is 6. The van der Waals surface area contributed by atoms with Gasteiger partial charge in [-0.1, -0.05) is 145 Å². The highest BCUT2D eigenvalue weighted by molar-refractivity contribution is 7.99. The molecular weight excluding hydrogens is 615 g/mol. The Morgan fingerprint density at radius 1 is 0.449 bits per heavy atom. The van der Waals surface area contributed by atoms with Crippen LogP contribution >= 0.6 is 11.8 Å². The van der Waals surface area contributed by atoms with Gasteiger partial charge < -0.3 is 0 Å². The van der Waals surface area contributed by atoms with E-state index in [-0.39, 0.29) is 0 Å². The zero-order valence-corrected chi connectivity index (χ0v) is 27.3. The number of rotatable bonds is 3. The summed E-state index contributed by atoms with van der Waals surface area (Å²) in [6.45, 7) is 0. The largest absolute Gasteiger partial charge is 0.264 e. The zero-order chi connectivity index (χ0) is 32.6. The molecule has 3 heterocycles. The van der Waals surface area contributed by atoms with E-state index in [0.717, 1.165) is 39.2 Å². The second-order valence-electron chi connectivity index (χ2n) is 12.1. The summed E-state index contributed by atoms with van der Waals surface area (Å²) in [6.07, 6.45) is 8.15. The Bertz CT molecular complexity index is 2470. The fourth-order valence-electron chi connectivity index (χ4n) is 6.59. The van der Waals surface area contributed by atoms with Crippen molar-refractivity contribution < 1.29 is 0 Å². The summed E-state index contributed by atoms with van der Waals surface area (Å²) in [7, 11) is 0. The van der Waals surface area contributed by atoms with Crippen LogP contribution in [-0.4, -0.2) is 15.0 Å². The zero-order valence-electron chi connectivity index (χ0n) is 26.5. The molecule has 0 spiro atoms. The molecule has 230 valence electrons. The van der Waals surface area contributed by atoms with Crippen molar-refractivity contribution in [2.24, 2.45) is 0 Å². The molecule has 2 aromatic heterocycles. The maximum absolute atomic E-state index is 5.15. The molecule has 0 saturated carbocycles. The Hall–Kier alpha value is -6.10. The average Bonchev–Trinajstić information content (AvgIpc) is 3.20. The van der Waals surface area contributed by atoms with Crippen LogP contribution in [0.3, 0.4) is 0 Å². The van der Waals surface area contributed by atoms with Crippen LogP contribution in [-0.2, 0) is 0 Å². The summed E-state index contributed by atoms with van der Waals surface area (Å²) in [5, 5.41) is 2.46. The van der Waals surface area contributed by atoms with E-state index < -0.39 is 0 Å². The molecule has 0 unspecified atom stereocenters. The first-order chi connectivity index (χ1) is 24.3. The number of hydrogen-bond donors (Lipinski definition) is 0. The van der Waals surface area contributed by atoms with E-state index in [1.165, 1.54) is 42.8 Å². The Kier molecular flexibility index (Phi) is 7.41. The van der Waals surface area contributed by atoms with Gasteiger partial charge in [0.25, 0.3) is 0 Å². The number of aromatic nitrogens is 3. The van der Waals surface area contributed by atoms with Crippen LogP contribution in [0.1, 0.15) is 11.1 Å². The van der Waals surface area contributed by atoms with Gasteiger partial charge in [-0.15, -0.1) is 0 Å². The SMILES string of the molecule is C1=C\c2ccc(-c3cc(-c4cccnc4)nc(-c4ccccc4)n3)cc2-c2ccc3ccccc3c2Sc2ccccc2-c2ccccc2/1. The first-order valence-corrected chi connectivity index (χ1v) is 17.2. The Balaban J connectivity index is 1.30. The Labute approximate surface area is 289 Å². The normalized spacial score (nSPS) is 12.6. The minimum atomic E-state index is 0.684. The predicted molar refractivity (Wildman–Crippen MR) is 204 cm³/mol. The summed E-state index contributed by atoms with van der Waals surface area (Å²) in [4.78, 5) is 17.0. The van der Waals surface area contributed by atoms with Crippen LogP contribution in [0, 0.1) is 0 Å². The van der Waals surface area contributed by atoms with Crippen molar-refractivity contribution in [2.75, 3.05) is 0 Å². The highest BCUT2D eigenvalue weighted by Crippen LogP contribution is 2.47. The number of nitrogens with zero attached hydrogens (tertiary/aromatic N) is 3. The lowest BCUT2D eigenvalue weighted by Crippen LogP contribution is -1.97. The number of hydrogen-bond acceptors (Lipinski definition) is 4. The molecule has 6 aromatic carbocycles. The second kappa shape index (κ2) is 12.5. The van der Waals surface area contributed by atoms with Gasteiger partial charge in [0, 0.05) is 38.9 Å². The van der Waals surface area contributed by atoms with Crippen LogP contribution in [0.2, 0.25) is 0 Å². The molecule has 1 aliphatic rings. The van der Waals surface area contributed by atoms with Crippen LogP contribution < -0.4 is 0 Å². The fraction of sp³-hybridized carbons (Fsp3) is 0.